The standard InChI is InChI=1S/C17H26O2/c1-9(2)13-7-6-10(3)17-8-14(19-12(5)18)11(4)15(17)16(13)17/h9-10,13-16H,4,6-8H2,1-3,5H3/t10-,13+,14+,15-,16-,17?/m0/s1. The van der Waals surface area contributed by atoms with Crippen LogP contribution in [0.4, 0.5) is 0 Å². The number of hydrogen-bond acceptors (Lipinski definition) is 2. The summed E-state index contributed by atoms with van der Waals surface area (Å²) in [6.45, 7) is 12.9. The first kappa shape index (κ1) is 13.2. The molecule has 0 saturated heterocycles. The van der Waals surface area contributed by atoms with Crippen molar-refractivity contribution in [3.05, 3.63) is 12.2 Å². The minimum atomic E-state index is -0.163. The van der Waals surface area contributed by atoms with Crippen molar-refractivity contribution in [2.24, 2.45) is 35.0 Å². The predicted octanol–water partition coefficient (Wildman–Crippen LogP) is 3.81. The Morgan fingerprint density at radius 3 is 2.68 bits per heavy atom. The first-order valence-electron chi connectivity index (χ1n) is 7.75. The number of carbonyl (C=O) groups is 1. The van der Waals surface area contributed by atoms with Crippen molar-refractivity contribution in [2.45, 2.75) is 53.1 Å². The first-order valence-corrected chi connectivity index (χ1v) is 7.75. The van der Waals surface area contributed by atoms with Crippen molar-refractivity contribution in [1.29, 1.82) is 0 Å². The van der Waals surface area contributed by atoms with Crippen LogP contribution in [0.5, 0.6) is 0 Å². The summed E-state index contributed by atoms with van der Waals surface area (Å²) in [5.41, 5.74) is 1.63. The van der Waals surface area contributed by atoms with E-state index in [9.17, 15) is 4.79 Å². The van der Waals surface area contributed by atoms with E-state index in [2.05, 4.69) is 27.4 Å². The van der Waals surface area contributed by atoms with E-state index in [1.165, 1.54) is 25.3 Å². The van der Waals surface area contributed by atoms with Gasteiger partial charge in [-0.05, 0) is 59.8 Å². The average molecular weight is 262 g/mol. The van der Waals surface area contributed by atoms with Crippen molar-refractivity contribution in [2.75, 3.05) is 0 Å². The Labute approximate surface area is 116 Å². The highest BCUT2D eigenvalue weighted by atomic mass is 16.5. The Kier molecular flexibility index (Phi) is 2.85. The van der Waals surface area contributed by atoms with Crippen LogP contribution in [-0.2, 0) is 9.53 Å². The van der Waals surface area contributed by atoms with Gasteiger partial charge >= 0.3 is 5.97 Å². The van der Waals surface area contributed by atoms with E-state index in [4.69, 9.17) is 4.74 Å². The molecule has 3 aliphatic carbocycles. The molecule has 3 rings (SSSR count). The van der Waals surface area contributed by atoms with Crippen molar-refractivity contribution in [1.82, 2.24) is 0 Å². The van der Waals surface area contributed by atoms with Gasteiger partial charge in [0.05, 0.1) is 0 Å². The maximum atomic E-state index is 11.2. The second kappa shape index (κ2) is 4.10. The molecule has 0 aromatic rings. The van der Waals surface area contributed by atoms with Crippen LogP contribution in [0.2, 0.25) is 0 Å². The Hall–Kier alpha value is -0.790. The van der Waals surface area contributed by atoms with Crippen LogP contribution in [0.1, 0.15) is 47.0 Å². The minimum absolute atomic E-state index is 0.00730. The van der Waals surface area contributed by atoms with E-state index >= 15 is 0 Å². The minimum Gasteiger partial charge on any atom is -0.458 e. The van der Waals surface area contributed by atoms with Crippen molar-refractivity contribution >= 4 is 5.97 Å². The molecule has 0 aliphatic heterocycles. The Morgan fingerprint density at radius 2 is 2.11 bits per heavy atom. The lowest BCUT2D eigenvalue weighted by Crippen LogP contribution is -2.31. The third-order valence-corrected chi connectivity index (χ3v) is 6.28. The summed E-state index contributed by atoms with van der Waals surface area (Å²) in [6.07, 6.45) is 3.72. The first-order chi connectivity index (χ1) is 8.89. The fourth-order valence-electron chi connectivity index (χ4n) is 5.42. The van der Waals surface area contributed by atoms with Gasteiger partial charge in [-0.3, -0.25) is 4.79 Å². The van der Waals surface area contributed by atoms with Crippen LogP contribution in [0, 0.1) is 35.0 Å². The van der Waals surface area contributed by atoms with Gasteiger partial charge in [0.15, 0.2) is 0 Å². The molecule has 0 radical (unpaired) electrons. The van der Waals surface area contributed by atoms with E-state index in [0.29, 0.717) is 11.3 Å². The molecule has 3 saturated carbocycles. The molecule has 3 fully saturated rings. The normalized spacial score (nSPS) is 47.8. The van der Waals surface area contributed by atoms with E-state index in [-0.39, 0.29) is 12.1 Å². The zero-order valence-corrected chi connectivity index (χ0v) is 12.6. The molecule has 0 heterocycles. The number of ether oxygens (including phenoxy) is 1. The lowest BCUT2D eigenvalue weighted by molar-refractivity contribution is -0.145. The highest BCUT2D eigenvalue weighted by Crippen LogP contribution is 2.79. The monoisotopic (exact) mass is 262 g/mol. The summed E-state index contributed by atoms with van der Waals surface area (Å²) >= 11 is 0. The number of rotatable bonds is 2. The third kappa shape index (κ3) is 1.64. The number of fused-ring (bicyclic) bond motifs is 1. The number of carbonyl (C=O) groups excluding carboxylic acids is 1. The molecule has 0 aromatic heterocycles. The van der Waals surface area contributed by atoms with Crippen LogP contribution >= 0.6 is 0 Å². The summed E-state index contributed by atoms with van der Waals surface area (Å²) in [7, 11) is 0. The Balaban J connectivity index is 1.83. The molecule has 0 bridgehead atoms. The zero-order valence-electron chi connectivity index (χ0n) is 12.6. The predicted molar refractivity (Wildman–Crippen MR) is 75.5 cm³/mol. The molecule has 1 spiro atoms. The molecule has 0 N–H and O–H groups in total. The lowest BCUT2D eigenvalue weighted by atomic mass is 9.69. The number of hydrogen-bond donors (Lipinski definition) is 0. The summed E-state index contributed by atoms with van der Waals surface area (Å²) in [5, 5.41) is 0. The zero-order chi connectivity index (χ0) is 13.9. The molecule has 3 aliphatic rings. The maximum absolute atomic E-state index is 11.2. The Bertz CT molecular complexity index is 425. The van der Waals surface area contributed by atoms with Gasteiger partial charge in [-0.2, -0.15) is 0 Å². The summed E-state index contributed by atoms with van der Waals surface area (Å²) < 4.78 is 5.47. The van der Waals surface area contributed by atoms with Crippen molar-refractivity contribution < 1.29 is 9.53 Å². The Morgan fingerprint density at radius 1 is 1.42 bits per heavy atom. The SMILES string of the molecule is C=C1[C@H](OC(C)=O)CC23[C@@H]([C@@H](C(C)C)CC[C@@H]2C)[C@H]13. The number of esters is 1. The van der Waals surface area contributed by atoms with Gasteiger partial charge in [0.1, 0.15) is 6.10 Å². The fraction of sp³-hybridized carbons (Fsp3) is 0.824. The van der Waals surface area contributed by atoms with Crippen LogP contribution < -0.4 is 0 Å². The molecular weight excluding hydrogens is 236 g/mol. The van der Waals surface area contributed by atoms with Gasteiger partial charge in [0.2, 0.25) is 0 Å². The molecule has 2 nitrogen and oxygen atoms in total. The van der Waals surface area contributed by atoms with E-state index in [1.54, 1.807) is 0 Å². The molecular formula is C17H26O2. The lowest BCUT2D eigenvalue weighted by Gasteiger charge is -2.36. The fourth-order valence-corrected chi connectivity index (χ4v) is 5.42. The second-order valence-corrected chi connectivity index (χ2v) is 7.38. The molecule has 0 amide bonds. The maximum Gasteiger partial charge on any atom is 0.303 e. The van der Waals surface area contributed by atoms with Gasteiger partial charge in [0, 0.05) is 6.92 Å². The van der Waals surface area contributed by atoms with Crippen LogP contribution in [0.3, 0.4) is 0 Å². The van der Waals surface area contributed by atoms with Gasteiger partial charge < -0.3 is 4.74 Å². The smallest absolute Gasteiger partial charge is 0.303 e. The van der Waals surface area contributed by atoms with E-state index in [0.717, 1.165) is 30.1 Å². The van der Waals surface area contributed by atoms with Gasteiger partial charge in [-0.1, -0.05) is 27.4 Å². The summed E-state index contributed by atoms with van der Waals surface area (Å²) in [5.74, 6) is 3.65. The highest BCUT2D eigenvalue weighted by Gasteiger charge is 2.75. The van der Waals surface area contributed by atoms with Gasteiger partial charge in [-0.15, -0.1) is 0 Å². The van der Waals surface area contributed by atoms with Crippen LogP contribution in [0.15, 0.2) is 12.2 Å². The second-order valence-electron chi connectivity index (χ2n) is 7.38. The van der Waals surface area contributed by atoms with Gasteiger partial charge in [0.25, 0.3) is 0 Å². The quantitative estimate of drug-likeness (QED) is 0.558. The third-order valence-electron chi connectivity index (χ3n) is 6.28. The molecule has 1 unspecified atom stereocenters. The molecule has 2 heteroatoms. The van der Waals surface area contributed by atoms with E-state index in [1.807, 2.05) is 0 Å². The molecule has 106 valence electrons. The van der Waals surface area contributed by atoms with Crippen LogP contribution in [0.25, 0.3) is 0 Å². The molecule has 6 atom stereocenters. The average Bonchev–Trinajstić information content (AvgIpc) is 2.89. The topological polar surface area (TPSA) is 26.3 Å². The summed E-state index contributed by atoms with van der Waals surface area (Å²) in [6, 6.07) is 0. The van der Waals surface area contributed by atoms with Crippen molar-refractivity contribution in [3.63, 3.8) is 0 Å². The largest absolute Gasteiger partial charge is 0.458 e. The molecule has 0 aromatic carbocycles. The summed E-state index contributed by atoms with van der Waals surface area (Å²) in [4.78, 5) is 11.2. The van der Waals surface area contributed by atoms with Gasteiger partial charge in [-0.25, -0.2) is 0 Å². The van der Waals surface area contributed by atoms with Crippen molar-refractivity contribution in [3.8, 4) is 0 Å². The molecule has 19 heavy (non-hydrogen) atoms. The van der Waals surface area contributed by atoms with Crippen LogP contribution in [-0.4, -0.2) is 12.1 Å². The van der Waals surface area contributed by atoms with E-state index < -0.39 is 0 Å². The highest BCUT2D eigenvalue weighted by molar-refractivity contribution is 5.66.